The first-order chi connectivity index (χ1) is 13.2. The van der Waals surface area contributed by atoms with Crippen molar-refractivity contribution in [2.45, 2.75) is 13.5 Å². The van der Waals surface area contributed by atoms with E-state index in [1.807, 2.05) is 54.1 Å². The minimum absolute atomic E-state index is 0.337. The lowest BCUT2D eigenvalue weighted by atomic mass is 10.2. The van der Waals surface area contributed by atoms with Crippen molar-refractivity contribution in [1.29, 1.82) is 0 Å². The summed E-state index contributed by atoms with van der Waals surface area (Å²) < 4.78 is 13.1. The molecule has 0 atom stereocenters. The highest BCUT2D eigenvalue weighted by atomic mass is 16.5. The third kappa shape index (κ3) is 3.64. The van der Waals surface area contributed by atoms with Gasteiger partial charge in [-0.05, 0) is 37.3 Å². The Morgan fingerprint density at radius 2 is 2.07 bits per heavy atom. The van der Waals surface area contributed by atoms with E-state index in [1.54, 1.807) is 19.6 Å². The highest BCUT2D eigenvalue weighted by Crippen LogP contribution is 2.29. The van der Waals surface area contributed by atoms with Crippen LogP contribution < -0.4 is 10.1 Å². The van der Waals surface area contributed by atoms with Crippen LogP contribution in [0.25, 0.3) is 17.1 Å². The fraction of sp³-hybridized carbons (Fsp3) is 0.158. The first kappa shape index (κ1) is 16.8. The zero-order valence-corrected chi connectivity index (χ0v) is 15.0. The van der Waals surface area contributed by atoms with Gasteiger partial charge in [-0.25, -0.2) is 4.98 Å². The van der Waals surface area contributed by atoms with Crippen LogP contribution in [0.5, 0.6) is 5.75 Å². The van der Waals surface area contributed by atoms with Crippen LogP contribution >= 0.6 is 0 Å². The molecule has 0 fully saturated rings. The molecular formula is C19H18N6O2. The number of nitrogens with zero attached hydrogens (tertiary/aromatic N) is 5. The zero-order valence-electron chi connectivity index (χ0n) is 15.0. The summed E-state index contributed by atoms with van der Waals surface area (Å²) in [7, 11) is 1.63. The van der Waals surface area contributed by atoms with Crippen molar-refractivity contribution in [3.63, 3.8) is 0 Å². The first-order valence-corrected chi connectivity index (χ1v) is 8.39. The highest BCUT2D eigenvalue weighted by molar-refractivity contribution is 5.62. The molecule has 0 amide bonds. The van der Waals surface area contributed by atoms with Crippen molar-refractivity contribution in [3.8, 4) is 22.9 Å². The minimum atomic E-state index is 0.337. The van der Waals surface area contributed by atoms with Gasteiger partial charge in [0.1, 0.15) is 5.75 Å². The Bertz CT molecular complexity index is 1040. The predicted octanol–water partition coefficient (Wildman–Crippen LogP) is 3.25. The molecule has 0 saturated heterocycles. The van der Waals surface area contributed by atoms with Gasteiger partial charge in [0, 0.05) is 18.0 Å². The van der Waals surface area contributed by atoms with E-state index < -0.39 is 0 Å². The maximum absolute atomic E-state index is 5.70. The first-order valence-electron chi connectivity index (χ1n) is 8.39. The molecule has 0 aliphatic carbocycles. The smallest absolute Gasteiger partial charge is 0.316 e. The van der Waals surface area contributed by atoms with Gasteiger partial charge in [0.15, 0.2) is 0 Å². The largest absolute Gasteiger partial charge is 0.495 e. The summed E-state index contributed by atoms with van der Waals surface area (Å²) in [5.74, 6) is 1.09. The maximum atomic E-state index is 5.70. The van der Waals surface area contributed by atoms with Crippen molar-refractivity contribution in [3.05, 3.63) is 66.5 Å². The number of ether oxygens (including phenoxy) is 1. The third-order valence-corrected chi connectivity index (χ3v) is 3.99. The normalized spacial score (nSPS) is 10.7. The fourth-order valence-electron chi connectivity index (χ4n) is 2.66. The summed E-state index contributed by atoms with van der Waals surface area (Å²) in [6.07, 6.45) is 5.43. The Balaban J connectivity index is 1.54. The van der Waals surface area contributed by atoms with Crippen LogP contribution in [-0.4, -0.2) is 31.8 Å². The topological polar surface area (TPSA) is 90.9 Å². The van der Waals surface area contributed by atoms with Crippen LogP contribution in [0.1, 0.15) is 11.4 Å². The predicted molar refractivity (Wildman–Crippen MR) is 99.7 cm³/mol. The van der Waals surface area contributed by atoms with Crippen molar-refractivity contribution in [1.82, 2.24) is 24.7 Å². The van der Waals surface area contributed by atoms with Gasteiger partial charge < -0.3 is 19.0 Å². The molecule has 0 saturated carbocycles. The molecule has 0 bridgehead atoms. The molecule has 3 heterocycles. The summed E-state index contributed by atoms with van der Waals surface area (Å²) in [6, 6.07) is 11.8. The van der Waals surface area contributed by atoms with Crippen molar-refractivity contribution in [2.75, 3.05) is 12.4 Å². The minimum Gasteiger partial charge on any atom is -0.495 e. The Morgan fingerprint density at radius 3 is 2.81 bits per heavy atom. The molecule has 1 aromatic carbocycles. The molecule has 0 spiro atoms. The molecule has 136 valence electrons. The average molecular weight is 362 g/mol. The van der Waals surface area contributed by atoms with Crippen LogP contribution in [0, 0.1) is 6.92 Å². The van der Waals surface area contributed by atoms with E-state index in [9.17, 15) is 0 Å². The third-order valence-electron chi connectivity index (χ3n) is 3.99. The molecule has 3 aromatic heterocycles. The zero-order chi connectivity index (χ0) is 18.6. The maximum Gasteiger partial charge on any atom is 0.316 e. The van der Waals surface area contributed by atoms with Crippen LogP contribution in [0.4, 0.5) is 6.01 Å². The van der Waals surface area contributed by atoms with Crippen LogP contribution in [0.3, 0.4) is 0 Å². The number of anilines is 1. The number of methoxy groups -OCH3 is 1. The molecule has 0 unspecified atom stereocenters. The molecule has 0 aliphatic heterocycles. The lowest BCUT2D eigenvalue weighted by molar-refractivity contribution is 0.413. The van der Waals surface area contributed by atoms with Gasteiger partial charge in [0.25, 0.3) is 0 Å². The molecule has 1 N–H and O–H groups in total. The Kier molecular flexibility index (Phi) is 4.52. The number of hydrogen-bond acceptors (Lipinski definition) is 7. The lowest BCUT2D eigenvalue weighted by Crippen LogP contribution is -2.01. The second-order valence-electron chi connectivity index (χ2n) is 5.90. The number of benzene rings is 1. The summed E-state index contributed by atoms with van der Waals surface area (Å²) >= 11 is 0. The second-order valence-corrected chi connectivity index (χ2v) is 5.90. The Hall–Kier alpha value is -3.68. The van der Waals surface area contributed by atoms with E-state index >= 15 is 0 Å². The number of aryl methyl sites for hydroxylation is 1. The van der Waals surface area contributed by atoms with Gasteiger partial charge in [-0.15, -0.1) is 5.10 Å². The Morgan fingerprint density at radius 1 is 1.15 bits per heavy atom. The van der Waals surface area contributed by atoms with Crippen molar-refractivity contribution >= 4 is 6.01 Å². The van der Waals surface area contributed by atoms with Crippen molar-refractivity contribution in [2.24, 2.45) is 0 Å². The molecule has 0 radical (unpaired) electrons. The summed E-state index contributed by atoms with van der Waals surface area (Å²) in [5.41, 5.74) is 3.47. The molecule has 8 nitrogen and oxygen atoms in total. The highest BCUT2D eigenvalue weighted by Gasteiger charge is 2.13. The van der Waals surface area contributed by atoms with Crippen LogP contribution in [0.2, 0.25) is 0 Å². The quantitative estimate of drug-likeness (QED) is 0.563. The molecule has 8 heteroatoms. The SMILES string of the molecule is COc1cc(-c2nnc(NCc3ccccn3)o2)ccc1-n1cnc(C)c1. The van der Waals surface area contributed by atoms with Crippen LogP contribution in [-0.2, 0) is 6.54 Å². The van der Waals surface area contributed by atoms with Crippen molar-refractivity contribution < 1.29 is 9.15 Å². The van der Waals surface area contributed by atoms with E-state index in [1.165, 1.54) is 0 Å². The number of hydrogen-bond donors (Lipinski definition) is 1. The number of imidazole rings is 1. The summed E-state index contributed by atoms with van der Waals surface area (Å²) in [5, 5.41) is 11.2. The van der Waals surface area contributed by atoms with Gasteiger partial charge in [-0.2, -0.15) is 0 Å². The molecule has 0 aliphatic rings. The number of nitrogens with one attached hydrogen (secondary N) is 1. The summed E-state index contributed by atoms with van der Waals surface area (Å²) in [4.78, 5) is 8.50. The molecular weight excluding hydrogens is 344 g/mol. The standard InChI is InChI=1S/C19H18N6O2/c1-13-11-25(12-22-13)16-7-6-14(9-17(16)26-2)18-23-24-19(27-18)21-10-15-5-3-4-8-20-15/h3-9,11-12H,10H2,1-2H3,(H,21,24). The summed E-state index contributed by atoms with van der Waals surface area (Å²) in [6.45, 7) is 2.44. The number of pyridine rings is 1. The number of rotatable bonds is 6. The van der Waals surface area contributed by atoms with Crippen LogP contribution in [0.15, 0.2) is 59.5 Å². The van der Waals surface area contributed by atoms with Gasteiger partial charge in [0.05, 0.1) is 37.1 Å². The average Bonchev–Trinajstić information content (AvgIpc) is 3.36. The van der Waals surface area contributed by atoms with E-state index in [2.05, 4.69) is 25.5 Å². The lowest BCUT2D eigenvalue weighted by Gasteiger charge is -2.09. The monoisotopic (exact) mass is 362 g/mol. The molecule has 4 rings (SSSR count). The van der Waals surface area contributed by atoms with E-state index in [0.717, 1.165) is 22.6 Å². The van der Waals surface area contributed by atoms with E-state index in [0.29, 0.717) is 24.2 Å². The van der Waals surface area contributed by atoms with Gasteiger partial charge in [-0.1, -0.05) is 11.2 Å². The van der Waals surface area contributed by atoms with Gasteiger partial charge in [-0.3, -0.25) is 4.98 Å². The Labute approximate surface area is 155 Å². The molecule has 27 heavy (non-hydrogen) atoms. The fourth-order valence-corrected chi connectivity index (χ4v) is 2.66. The van der Waals surface area contributed by atoms with E-state index in [4.69, 9.17) is 9.15 Å². The number of aromatic nitrogens is 5. The van der Waals surface area contributed by atoms with Gasteiger partial charge >= 0.3 is 6.01 Å². The van der Waals surface area contributed by atoms with E-state index in [-0.39, 0.29) is 0 Å². The molecule has 4 aromatic rings. The van der Waals surface area contributed by atoms with Gasteiger partial charge in [0.2, 0.25) is 5.89 Å². The second kappa shape index (κ2) is 7.28.